The molecule has 0 aromatic heterocycles. The Bertz CT molecular complexity index is 568. The molecule has 3 saturated heterocycles. The van der Waals surface area contributed by atoms with Gasteiger partial charge in [-0.05, 0) is 62.3 Å². The van der Waals surface area contributed by atoms with Crippen LogP contribution >= 0.6 is 12.4 Å². The van der Waals surface area contributed by atoms with Gasteiger partial charge in [0.05, 0.1) is 5.41 Å². The molecule has 1 N–H and O–H groups in total. The van der Waals surface area contributed by atoms with Crippen LogP contribution in [-0.4, -0.2) is 60.9 Å². The molecule has 2 amide bonds. The second-order valence-corrected chi connectivity index (χ2v) is 9.79. The first-order chi connectivity index (χ1) is 12.6. The lowest BCUT2D eigenvalue weighted by Gasteiger charge is -2.33. The Hall–Kier alpha value is -0.810. The fourth-order valence-corrected chi connectivity index (χ4v) is 6.73. The molecule has 2 saturated carbocycles. The second kappa shape index (κ2) is 7.55. The van der Waals surface area contributed by atoms with Crippen LogP contribution in [0.5, 0.6) is 0 Å². The van der Waals surface area contributed by atoms with Gasteiger partial charge in [0, 0.05) is 39.1 Å². The molecule has 5 fully saturated rings. The average molecular weight is 396 g/mol. The van der Waals surface area contributed by atoms with Crippen molar-refractivity contribution in [1.29, 1.82) is 0 Å². The third-order valence-corrected chi connectivity index (χ3v) is 8.28. The Morgan fingerprint density at radius 1 is 0.852 bits per heavy atom. The molecule has 3 heterocycles. The molecule has 0 bridgehead atoms. The number of nitrogens with one attached hydrogen (secondary N) is 1. The van der Waals surface area contributed by atoms with Crippen LogP contribution in [-0.2, 0) is 9.59 Å². The van der Waals surface area contributed by atoms with E-state index in [1.165, 1.54) is 38.5 Å². The molecule has 5 aliphatic rings. The number of nitrogens with zero attached hydrogens (tertiary/aromatic N) is 2. The summed E-state index contributed by atoms with van der Waals surface area (Å²) in [6, 6.07) is 0. The van der Waals surface area contributed by atoms with Gasteiger partial charge in [-0.2, -0.15) is 0 Å². The molecule has 5 rings (SSSR count). The Labute approximate surface area is 169 Å². The maximum atomic E-state index is 13.5. The number of rotatable bonds is 3. The SMILES string of the molecule is Cl.O=C(CC1(C(=O)N2CC3CCCC3C2)CCNC1)N1CC2CCCC2C1. The van der Waals surface area contributed by atoms with E-state index in [0.29, 0.717) is 13.0 Å². The minimum Gasteiger partial charge on any atom is -0.342 e. The van der Waals surface area contributed by atoms with E-state index in [1.807, 2.05) is 0 Å². The lowest BCUT2D eigenvalue weighted by atomic mass is 9.81. The predicted octanol–water partition coefficient (Wildman–Crippen LogP) is 2.29. The van der Waals surface area contributed by atoms with E-state index < -0.39 is 5.41 Å². The van der Waals surface area contributed by atoms with Crippen LogP contribution in [0.2, 0.25) is 0 Å². The third-order valence-electron chi connectivity index (χ3n) is 8.28. The molecule has 152 valence electrons. The molecule has 5 atom stereocenters. The van der Waals surface area contributed by atoms with Crippen LogP contribution in [0.15, 0.2) is 0 Å². The Kier molecular flexibility index (Phi) is 5.45. The van der Waals surface area contributed by atoms with Crippen LogP contribution in [0.4, 0.5) is 0 Å². The summed E-state index contributed by atoms with van der Waals surface area (Å²) >= 11 is 0. The molecular formula is C21H34ClN3O2. The number of hydrogen-bond donors (Lipinski definition) is 1. The average Bonchev–Trinajstić information content (AvgIpc) is 3.37. The number of carbonyl (C=O) groups excluding carboxylic acids is 2. The highest BCUT2D eigenvalue weighted by Gasteiger charge is 2.50. The summed E-state index contributed by atoms with van der Waals surface area (Å²) in [6.45, 7) is 5.31. The van der Waals surface area contributed by atoms with Crippen molar-refractivity contribution < 1.29 is 9.59 Å². The predicted molar refractivity (Wildman–Crippen MR) is 107 cm³/mol. The van der Waals surface area contributed by atoms with Gasteiger partial charge in [0.25, 0.3) is 0 Å². The maximum absolute atomic E-state index is 13.5. The van der Waals surface area contributed by atoms with Crippen molar-refractivity contribution in [3.63, 3.8) is 0 Å². The van der Waals surface area contributed by atoms with E-state index in [-0.39, 0.29) is 24.2 Å². The smallest absolute Gasteiger partial charge is 0.230 e. The van der Waals surface area contributed by atoms with Crippen molar-refractivity contribution in [2.24, 2.45) is 29.1 Å². The van der Waals surface area contributed by atoms with E-state index in [9.17, 15) is 9.59 Å². The van der Waals surface area contributed by atoms with Gasteiger partial charge in [-0.25, -0.2) is 0 Å². The van der Waals surface area contributed by atoms with Gasteiger partial charge in [-0.1, -0.05) is 12.8 Å². The molecular weight excluding hydrogens is 362 g/mol. The van der Waals surface area contributed by atoms with Gasteiger partial charge in [0.15, 0.2) is 0 Å². The Morgan fingerprint density at radius 2 is 1.37 bits per heavy atom. The summed E-state index contributed by atoms with van der Waals surface area (Å²) in [5.41, 5.74) is -0.479. The van der Waals surface area contributed by atoms with Crippen LogP contribution in [0.1, 0.15) is 51.4 Å². The van der Waals surface area contributed by atoms with E-state index in [2.05, 4.69) is 15.1 Å². The molecule has 0 radical (unpaired) electrons. The topological polar surface area (TPSA) is 52.7 Å². The zero-order chi connectivity index (χ0) is 17.7. The van der Waals surface area contributed by atoms with Crippen molar-refractivity contribution in [2.45, 2.75) is 51.4 Å². The molecule has 0 aromatic rings. The molecule has 6 heteroatoms. The largest absolute Gasteiger partial charge is 0.342 e. The van der Waals surface area contributed by atoms with Crippen molar-refractivity contribution in [2.75, 3.05) is 39.3 Å². The first-order valence-electron chi connectivity index (χ1n) is 10.9. The van der Waals surface area contributed by atoms with Gasteiger partial charge in [0.2, 0.25) is 11.8 Å². The van der Waals surface area contributed by atoms with Gasteiger partial charge in [0.1, 0.15) is 0 Å². The summed E-state index contributed by atoms with van der Waals surface area (Å²) in [4.78, 5) is 30.7. The van der Waals surface area contributed by atoms with Gasteiger partial charge in [-0.3, -0.25) is 9.59 Å². The molecule has 5 nitrogen and oxygen atoms in total. The number of halogens is 1. The van der Waals surface area contributed by atoms with E-state index in [4.69, 9.17) is 0 Å². The van der Waals surface area contributed by atoms with Crippen molar-refractivity contribution in [3.05, 3.63) is 0 Å². The molecule has 0 spiro atoms. The minimum absolute atomic E-state index is 0. The van der Waals surface area contributed by atoms with Crippen molar-refractivity contribution in [3.8, 4) is 0 Å². The minimum atomic E-state index is -0.479. The summed E-state index contributed by atoms with van der Waals surface area (Å²) in [7, 11) is 0. The van der Waals surface area contributed by atoms with Crippen molar-refractivity contribution >= 4 is 24.2 Å². The summed E-state index contributed by atoms with van der Waals surface area (Å²) in [5, 5.41) is 3.39. The lowest BCUT2D eigenvalue weighted by molar-refractivity contribution is -0.146. The summed E-state index contributed by atoms with van der Waals surface area (Å²) < 4.78 is 0. The number of likely N-dealkylation sites (tertiary alicyclic amines) is 2. The molecule has 2 aliphatic carbocycles. The highest BCUT2D eigenvalue weighted by Crippen LogP contribution is 2.42. The van der Waals surface area contributed by atoms with E-state index in [0.717, 1.165) is 62.8 Å². The summed E-state index contributed by atoms with van der Waals surface area (Å²) in [5.74, 6) is 3.40. The standard InChI is InChI=1S/C21H33N3O2.ClH/c25-19(23-10-15-3-1-4-16(15)11-23)9-21(7-8-22-14-21)20(26)24-12-17-5-2-6-18(17)13-24;/h15-18,22H,1-14H2;1H. The molecule has 27 heavy (non-hydrogen) atoms. The third kappa shape index (κ3) is 3.39. The highest BCUT2D eigenvalue weighted by molar-refractivity contribution is 5.90. The normalized spacial score (nSPS) is 40.1. The zero-order valence-corrected chi connectivity index (χ0v) is 17.1. The van der Waals surface area contributed by atoms with Gasteiger partial charge in [-0.15, -0.1) is 12.4 Å². The monoisotopic (exact) mass is 395 g/mol. The fraction of sp³-hybridized carbons (Fsp3) is 0.905. The number of fused-ring (bicyclic) bond motifs is 2. The second-order valence-electron chi connectivity index (χ2n) is 9.79. The molecule has 0 aromatic carbocycles. The van der Waals surface area contributed by atoms with Crippen molar-refractivity contribution in [1.82, 2.24) is 15.1 Å². The first-order valence-corrected chi connectivity index (χ1v) is 10.9. The van der Waals surface area contributed by atoms with Crippen LogP contribution in [0.25, 0.3) is 0 Å². The van der Waals surface area contributed by atoms with Gasteiger partial charge < -0.3 is 15.1 Å². The first kappa shape index (κ1) is 19.5. The zero-order valence-electron chi connectivity index (χ0n) is 16.3. The number of hydrogen-bond acceptors (Lipinski definition) is 3. The highest BCUT2D eigenvalue weighted by atomic mass is 35.5. The summed E-state index contributed by atoms with van der Waals surface area (Å²) in [6.07, 6.45) is 9.06. The lowest BCUT2D eigenvalue weighted by Crippen LogP contribution is -2.47. The van der Waals surface area contributed by atoms with Crippen LogP contribution < -0.4 is 5.32 Å². The quantitative estimate of drug-likeness (QED) is 0.797. The van der Waals surface area contributed by atoms with E-state index >= 15 is 0 Å². The molecule has 5 unspecified atom stereocenters. The van der Waals surface area contributed by atoms with Crippen LogP contribution in [0, 0.1) is 29.1 Å². The Morgan fingerprint density at radius 3 is 1.85 bits per heavy atom. The number of amides is 2. The number of carbonyl (C=O) groups is 2. The van der Waals surface area contributed by atoms with E-state index in [1.54, 1.807) is 0 Å². The Balaban J connectivity index is 0.00000180. The van der Waals surface area contributed by atoms with Gasteiger partial charge >= 0.3 is 0 Å². The van der Waals surface area contributed by atoms with Crippen LogP contribution in [0.3, 0.4) is 0 Å². The molecule has 3 aliphatic heterocycles. The fourth-order valence-electron chi connectivity index (χ4n) is 6.73. The maximum Gasteiger partial charge on any atom is 0.230 e.